The minimum Gasteiger partial charge on any atom is -0.339 e. The van der Waals surface area contributed by atoms with Gasteiger partial charge in [-0.1, -0.05) is 0 Å². The standard InChI is InChI=1S/C6H9N5O2/c1-8-6(13)11-3-2-4(10-11)5(12)9-7/h2-3H,7H2,1H3,(H,8,13)(H,9,12). The van der Waals surface area contributed by atoms with Gasteiger partial charge in [-0.3, -0.25) is 10.2 Å². The van der Waals surface area contributed by atoms with Crippen LogP contribution in [0.3, 0.4) is 0 Å². The van der Waals surface area contributed by atoms with E-state index < -0.39 is 11.9 Å². The molecular weight excluding hydrogens is 174 g/mol. The summed E-state index contributed by atoms with van der Waals surface area (Å²) in [5, 5.41) is 6.01. The average Bonchev–Trinajstić information content (AvgIpc) is 2.64. The predicted molar refractivity (Wildman–Crippen MR) is 43.7 cm³/mol. The Morgan fingerprint density at radius 2 is 2.31 bits per heavy atom. The molecule has 1 aromatic rings. The number of nitrogens with zero attached hydrogens (tertiary/aromatic N) is 2. The Labute approximate surface area is 73.9 Å². The van der Waals surface area contributed by atoms with Crippen molar-refractivity contribution in [2.24, 2.45) is 5.84 Å². The maximum atomic E-state index is 11.0. The number of hydrogen-bond donors (Lipinski definition) is 3. The van der Waals surface area contributed by atoms with Crippen molar-refractivity contribution in [1.29, 1.82) is 0 Å². The van der Waals surface area contributed by atoms with Crippen LogP contribution in [0.15, 0.2) is 12.3 Å². The van der Waals surface area contributed by atoms with Crippen LogP contribution in [0.25, 0.3) is 0 Å². The Kier molecular flexibility index (Phi) is 2.60. The van der Waals surface area contributed by atoms with E-state index in [2.05, 4.69) is 10.4 Å². The predicted octanol–water partition coefficient (Wildman–Crippen LogP) is -1.33. The van der Waals surface area contributed by atoms with E-state index in [0.29, 0.717) is 0 Å². The number of amides is 2. The molecule has 0 aliphatic rings. The fourth-order valence-corrected chi connectivity index (χ4v) is 0.747. The topological polar surface area (TPSA) is 102 Å². The van der Waals surface area contributed by atoms with Gasteiger partial charge >= 0.3 is 6.03 Å². The van der Waals surface area contributed by atoms with Gasteiger partial charge in [0.1, 0.15) is 0 Å². The van der Waals surface area contributed by atoms with Crippen molar-refractivity contribution in [3.8, 4) is 0 Å². The van der Waals surface area contributed by atoms with E-state index in [9.17, 15) is 9.59 Å². The molecule has 7 nitrogen and oxygen atoms in total. The molecule has 1 aromatic heterocycles. The number of rotatable bonds is 1. The quantitative estimate of drug-likeness (QED) is 0.285. The summed E-state index contributed by atoms with van der Waals surface area (Å²) in [6.07, 6.45) is 1.36. The van der Waals surface area contributed by atoms with Crippen LogP contribution in [0.4, 0.5) is 4.79 Å². The molecule has 2 amide bonds. The molecule has 0 saturated heterocycles. The van der Waals surface area contributed by atoms with Gasteiger partial charge in [-0.25, -0.2) is 10.6 Å². The van der Waals surface area contributed by atoms with E-state index in [0.717, 1.165) is 4.68 Å². The van der Waals surface area contributed by atoms with Gasteiger partial charge in [-0.2, -0.15) is 9.78 Å². The molecule has 70 valence electrons. The summed E-state index contributed by atoms with van der Waals surface area (Å²) < 4.78 is 1.00. The van der Waals surface area contributed by atoms with Crippen LogP contribution >= 0.6 is 0 Å². The van der Waals surface area contributed by atoms with Crippen molar-refractivity contribution in [2.75, 3.05) is 7.05 Å². The molecule has 0 fully saturated rings. The van der Waals surface area contributed by atoms with E-state index >= 15 is 0 Å². The van der Waals surface area contributed by atoms with Crippen LogP contribution in [0.1, 0.15) is 10.5 Å². The van der Waals surface area contributed by atoms with Crippen molar-refractivity contribution < 1.29 is 9.59 Å². The van der Waals surface area contributed by atoms with Crippen LogP contribution in [0.2, 0.25) is 0 Å². The number of carbonyl (C=O) groups is 2. The Morgan fingerprint density at radius 1 is 1.62 bits per heavy atom. The normalized spacial score (nSPS) is 9.38. The van der Waals surface area contributed by atoms with Crippen molar-refractivity contribution >= 4 is 11.9 Å². The minimum absolute atomic E-state index is 0.0890. The smallest absolute Gasteiger partial charge is 0.339 e. The lowest BCUT2D eigenvalue weighted by molar-refractivity contribution is 0.0948. The van der Waals surface area contributed by atoms with Gasteiger partial charge < -0.3 is 5.32 Å². The van der Waals surface area contributed by atoms with Gasteiger partial charge in [-0.15, -0.1) is 0 Å². The second-order valence-corrected chi connectivity index (χ2v) is 2.17. The number of hydrazine groups is 1. The van der Waals surface area contributed by atoms with Gasteiger partial charge in [0, 0.05) is 13.2 Å². The molecule has 13 heavy (non-hydrogen) atoms. The van der Waals surface area contributed by atoms with Crippen molar-refractivity contribution in [1.82, 2.24) is 20.5 Å². The van der Waals surface area contributed by atoms with Crippen LogP contribution in [0, 0.1) is 0 Å². The first-order chi connectivity index (χ1) is 6.19. The minimum atomic E-state index is -0.539. The zero-order chi connectivity index (χ0) is 9.84. The number of carbonyl (C=O) groups excluding carboxylic acids is 2. The molecule has 0 atom stereocenters. The Hall–Kier alpha value is -1.89. The summed E-state index contributed by atoms with van der Waals surface area (Å²) in [4.78, 5) is 21.9. The second kappa shape index (κ2) is 3.68. The molecule has 1 rings (SSSR count). The van der Waals surface area contributed by atoms with Gasteiger partial charge in [0.25, 0.3) is 5.91 Å². The van der Waals surface area contributed by atoms with Crippen LogP contribution < -0.4 is 16.6 Å². The van der Waals surface area contributed by atoms with E-state index in [1.807, 2.05) is 5.43 Å². The third kappa shape index (κ3) is 1.82. The molecule has 0 spiro atoms. The first kappa shape index (κ1) is 9.20. The number of nitrogen functional groups attached to an aromatic ring is 1. The molecule has 0 unspecified atom stereocenters. The van der Waals surface area contributed by atoms with Gasteiger partial charge in [0.2, 0.25) is 0 Å². The molecular formula is C6H9N5O2. The fourth-order valence-electron chi connectivity index (χ4n) is 0.747. The van der Waals surface area contributed by atoms with Crippen molar-refractivity contribution in [2.45, 2.75) is 0 Å². The molecule has 0 aromatic carbocycles. The van der Waals surface area contributed by atoms with Crippen LogP contribution in [0.5, 0.6) is 0 Å². The summed E-state index contributed by atoms with van der Waals surface area (Å²) in [5.41, 5.74) is 1.99. The number of nitrogens with one attached hydrogen (secondary N) is 2. The van der Waals surface area contributed by atoms with E-state index in [-0.39, 0.29) is 5.69 Å². The largest absolute Gasteiger partial charge is 0.341 e. The third-order valence-corrected chi connectivity index (χ3v) is 1.37. The average molecular weight is 183 g/mol. The monoisotopic (exact) mass is 183 g/mol. The summed E-state index contributed by atoms with van der Waals surface area (Å²) in [5.74, 6) is 4.33. The summed E-state index contributed by atoms with van der Waals surface area (Å²) in [6.45, 7) is 0. The molecule has 0 bridgehead atoms. The molecule has 7 heteroatoms. The first-order valence-electron chi connectivity index (χ1n) is 3.47. The summed E-state index contributed by atoms with van der Waals surface area (Å²) in [6, 6.07) is 0.966. The van der Waals surface area contributed by atoms with E-state index in [4.69, 9.17) is 5.84 Å². The van der Waals surface area contributed by atoms with E-state index in [1.54, 1.807) is 0 Å². The molecule has 4 N–H and O–H groups in total. The van der Waals surface area contributed by atoms with Crippen LogP contribution in [-0.2, 0) is 0 Å². The fraction of sp³-hybridized carbons (Fsp3) is 0.167. The van der Waals surface area contributed by atoms with Crippen molar-refractivity contribution in [3.05, 3.63) is 18.0 Å². The number of aromatic nitrogens is 2. The van der Waals surface area contributed by atoms with Crippen LogP contribution in [-0.4, -0.2) is 28.8 Å². The highest BCUT2D eigenvalue weighted by Crippen LogP contribution is 1.93. The summed E-state index contributed by atoms with van der Waals surface area (Å²) >= 11 is 0. The zero-order valence-corrected chi connectivity index (χ0v) is 6.94. The number of hydrogen-bond acceptors (Lipinski definition) is 4. The SMILES string of the molecule is CNC(=O)n1ccc(C(=O)NN)n1. The Bertz CT molecular complexity index is 301. The summed E-state index contributed by atoms with van der Waals surface area (Å²) in [7, 11) is 1.46. The van der Waals surface area contributed by atoms with Crippen molar-refractivity contribution in [3.63, 3.8) is 0 Å². The molecule has 1 heterocycles. The molecule has 0 radical (unpaired) electrons. The Morgan fingerprint density at radius 3 is 2.85 bits per heavy atom. The lowest BCUT2D eigenvalue weighted by atomic mass is 10.4. The van der Waals surface area contributed by atoms with Gasteiger partial charge in [0.05, 0.1) is 0 Å². The van der Waals surface area contributed by atoms with Gasteiger partial charge in [-0.05, 0) is 6.07 Å². The maximum Gasteiger partial charge on any atom is 0.341 e. The first-order valence-corrected chi connectivity index (χ1v) is 3.47. The lowest BCUT2D eigenvalue weighted by Crippen LogP contribution is -2.31. The molecule has 0 aliphatic carbocycles. The highest BCUT2D eigenvalue weighted by molar-refractivity contribution is 5.92. The van der Waals surface area contributed by atoms with E-state index in [1.165, 1.54) is 19.3 Å². The maximum absolute atomic E-state index is 11.0. The highest BCUT2D eigenvalue weighted by Gasteiger charge is 2.09. The molecule has 0 aliphatic heterocycles. The Balaban J connectivity index is 2.86. The molecule has 0 saturated carbocycles. The number of nitrogens with two attached hydrogens (primary N) is 1. The second-order valence-electron chi connectivity index (χ2n) is 2.17. The lowest BCUT2D eigenvalue weighted by Gasteiger charge is -1.96. The zero-order valence-electron chi connectivity index (χ0n) is 6.94. The highest BCUT2D eigenvalue weighted by atomic mass is 16.2. The third-order valence-electron chi connectivity index (χ3n) is 1.37. The van der Waals surface area contributed by atoms with Gasteiger partial charge in [0.15, 0.2) is 5.69 Å².